The van der Waals surface area contributed by atoms with Crippen LogP contribution in [0.1, 0.15) is 30.4 Å². The second kappa shape index (κ2) is 5.77. The largest absolute Gasteiger partial charge is 0.108 e. The van der Waals surface area contributed by atoms with Crippen LogP contribution in [0, 0.1) is 12.8 Å². The number of benzene rings is 1. The van der Waals surface area contributed by atoms with E-state index in [2.05, 4.69) is 37.4 Å². The van der Waals surface area contributed by atoms with E-state index in [0.717, 1.165) is 16.8 Å². The Morgan fingerprint density at radius 1 is 1.12 bits per heavy atom. The highest BCUT2D eigenvalue weighted by Gasteiger charge is 2.23. The molecule has 1 saturated heterocycles. The van der Waals surface area contributed by atoms with E-state index in [1.54, 1.807) is 0 Å². The molecule has 1 aromatic rings. The van der Waals surface area contributed by atoms with Crippen LogP contribution in [0.5, 0.6) is 0 Å². The number of aryl methyl sites for hydroxylation is 2. The highest BCUT2D eigenvalue weighted by Crippen LogP contribution is 2.23. The summed E-state index contributed by atoms with van der Waals surface area (Å²) in [7, 11) is 0.738. The number of hydrogen-bond donors (Lipinski definition) is 0. The molecule has 0 bridgehead atoms. The van der Waals surface area contributed by atoms with Crippen LogP contribution < -0.4 is 0 Å². The molecule has 0 unspecified atom stereocenters. The zero-order valence-electron chi connectivity index (χ0n) is 10.5. The Kier molecular flexibility index (Phi) is 4.34. The maximum absolute atomic E-state index is 2.43. The van der Waals surface area contributed by atoms with Gasteiger partial charge in [0, 0.05) is 0 Å². The third-order valence-corrected chi connectivity index (χ3v) is 5.58. The fourth-order valence-corrected chi connectivity index (χ4v) is 4.07. The quantitative estimate of drug-likeness (QED) is 0.702. The molecule has 1 heterocycles. The number of rotatable bonds is 3. The average molecular weight is 235 g/mol. The van der Waals surface area contributed by atoms with Crippen LogP contribution in [-0.4, -0.2) is 17.8 Å². The highest BCUT2D eigenvalue weighted by molar-refractivity contribution is 7.96. The van der Waals surface area contributed by atoms with Crippen molar-refractivity contribution in [3.8, 4) is 0 Å². The second-order valence-corrected chi connectivity index (χ2v) is 7.54. The van der Waals surface area contributed by atoms with Crippen LogP contribution in [0.15, 0.2) is 24.3 Å². The van der Waals surface area contributed by atoms with Crippen molar-refractivity contribution in [1.29, 1.82) is 0 Å². The van der Waals surface area contributed by atoms with Crippen molar-refractivity contribution in [3.05, 3.63) is 35.4 Å². The van der Waals surface area contributed by atoms with E-state index in [1.165, 1.54) is 48.3 Å². The fourth-order valence-electron chi connectivity index (χ4n) is 2.40. The predicted octanol–water partition coefficient (Wildman–Crippen LogP) is 3.59. The summed E-state index contributed by atoms with van der Waals surface area (Å²) in [4.78, 5) is 0. The molecule has 1 aliphatic rings. The molecule has 0 N–H and O–H groups in total. The van der Waals surface area contributed by atoms with Crippen molar-refractivity contribution in [2.24, 2.45) is 5.92 Å². The van der Waals surface area contributed by atoms with Gasteiger partial charge < -0.3 is 0 Å². The van der Waals surface area contributed by atoms with Crippen LogP contribution in [0.3, 0.4) is 0 Å². The summed E-state index contributed by atoms with van der Waals surface area (Å²) in [6.45, 7) is 2.16. The first-order valence-electron chi connectivity index (χ1n) is 6.39. The zero-order valence-corrected chi connectivity index (χ0v) is 11.4. The van der Waals surface area contributed by atoms with E-state index < -0.39 is 0 Å². The highest BCUT2D eigenvalue weighted by atomic mass is 32.2. The molecule has 0 aliphatic carbocycles. The summed E-state index contributed by atoms with van der Waals surface area (Å²) in [6, 6.07) is 9.06. The fraction of sp³-hybridized carbons (Fsp3) is 0.600. The monoisotopic (exact) mass is 235 g/mol. The molecule has 0 atom stereocenters. The van der Waals surface area contributed by atoms with Crippen LogP contribution >= 0.6 is 0 Å². The van der Waals surface area contributed by atoms with Crippen molar-refractivity contribution in [3.63, 3.8) is 0 Å². The second-order valence-electron chi connectivity index (χ2n) is 5.16. The molecule has 0 saturated carbocycles. The van der Waals surface area contributed by atoms with E-state index in [4.69, 9.17) is 0 Å². The molecule has 0 spiro atoms. The molecule has 0 amide bonds. The Morgan fingerprint density at radius 2 is 1.75 bits per heavy atom. The van der Waals surface area contributed by atoms with Gasteiger partial charge in [0.2, 0.25) is 0 Å². The minimum absolute atomic E-state index is 0.738. The molecule has 1 aliphatic heterocycles. The van der Waals surface area contributed by atoms with Crippen LogP contribution in [0.25, 0.3) is 0 Å². The Labute approximate surface area is 103 Å². The molecule has 0 radical (unpaired) electrons. The van der Waals surface area contributed by atoms with Crippen LogP contribution in [0.2, 0.25) is 0 Å². The SMILES string of the molecule is Cc1ccc(CCC2CC[S+](C)CC2)cc1. The van der Waals surface area contributed by atoms with E-state index in [9.17, 15) is 0 Å². The maximum Gasteiger partial charge on any atom is 0.108 e. The van der Waals surface area contributed by atoms with Gasteiger partial charge in [0.25, 0.3) is 0 Å². The predicted molar refractivity (Wildman–Crippen MR) is 75.2 cm³/mol. The lowest BCUT2D eigenvalue weighted by atomic mass is 9.94. The van der Waals surface area contributed by atoms with Crippen molar-refractivity contribution in [1.82, 2.24) is 0 Å². The van der Waals surface area contributed by atoms with Crippen molar-refractivity contribution < 1.29 is 0 Å². The topological polar surface area (TPSA) is 0 Å². The molecule has 1 aromatic carbocycles. The standard InChI is InChI=1S/C15H23S/c1-13-3-5-14(6-4-13)7-8-15-9-11-16(2)12-10-15/h3-6,15H,7-12H2,1-2H3/q+1. The Balaban J connectivity index is 1.77. The van der Waals surface area contributed by atoms with Gasteiger partial charge in [-0.15, -0.1) is 0 Å². The van der Waals surface area contributed by atoms with E-state index in [1.807, 2.05) is 0 Å². The summed E-state index contributed by atoms with van der Waals surface area (Å²) in [5.41, 5.74) is 2.89. The van der Waals surface area contributed by atoms with Crippen molar-refractivity contribution in [2.45, 2.75) is 32.6 Å². The van der Waals surface area contributed by atoms with Crippen LogP contribution in [0.4, 0.5) is 0 Å². The normalized spacial score (nSPS) is 25.6. The van der Waals surface area contributed by atoms with Crippen LogP contribution in [-0.2, 0) is 17.3 Å². The van der Waals surface area contributed by atoms with Gasteiger partial charge in [-0.2, -0.15) is 0 Å². The molecule has 1 fully saturated rings. The Hall–Kier alpha value is -0.430. The first-order valence-corrected chi connectivity index (χ1v) is 8.36. The van der Waals surface area contributed by atoms with Gasteiger partial charge in [-0.1, -0.05) is 29.8 Å². The lowest BCUT2D eigenvalue weighted by molar-refractivity contribution is 0.452. The first-order chi connectivity index (χ1) is 7.74. The molecular formula is C15H23S+. The van der Waals surface area contributed by atoms with Gasteiger partial charge in [-0.3, -0.25) is 0 Å². The third-order valence-electron chi connectivity index (χ3n) is 3.71. The lowest BCUT2D eigenvalue weighted by Gasteiger charge is -2.20. The molecule has 2 rings (SSSR count). The van der Waals surface area contributed by atoms with Crippen molar-refractivity contribution in [2.75, 3.05) is 17.8 Å². The maximum atomic E-state index is 2.43. The zero-order chi connectivity index (χ0) is 11.4. The lowest BCUT2D eigenvalue weighted by Crippen LogP contribution is -2.22. The molecule has 1 heteroatoms. The first kappa shape index (κ1) is 12.0. The van der Waals surface area contributed by atoms with Gasteiger partial charge in [0.05, 0.1) is 6.26 Å². The summed E-state index contributed by atoms with van der Waals surface area (Å²) < 4.78 is 0. The van der Waals surface area contributed by atoms with E-state index in [-0.39, 0.29) is 0 Å². The van der Waals surface area contributed by atoms with E-state index >= 15 is 0 Å². The molecular weight excluding hydrogens is 212 g/mol. The van der Waals surface area contributed by atoms with Gasteiger partial charge in [0.1, 0.15) is 11.5 Å². The molecule has 16 heavy (non-hydrogen) atoms. The molecule has 0 aromatic heterocycles. The van der Waals surface area contributed by atoms with Gasteiger partial charge in [-0.25, -0.2) is 0 Å². The Bertz CT molecular complexity index is 307. The minimum atomic E-state index is 0.738. The third kappa shape index (κ3) is 3.55. The molecule has 88 valence electrons. The minimum Gasteiger partial charge on any atom is -0.0591 e. The summed E-state index contributed by atoms with van der Waals surface area (Å²) in [6.07, 6.45) is 8.07. The summed E-state index contributed by atoms with van der Waals surface area (Å²) in [5.74, 6) is 3.97. The number of hydrogen-bond acceptors (Lipinski definition) is 0. The van der Waals surface area contributed by atoms with Gasteiger partial charge >= 0.3 is 0 Å². The average Bonchev–Trinajstić information content (AvgIpc) is 2.30. The summed E-state index contributed by atoms with van der Waals surface area (Å²) in [5, 5.41) is 0. The van der Waals surface area contributed by atoms with Crippen molar-refractivity contribution >= 4 is 10.9 Å². The summed E-state index contributed by atoms with van der Waals surface area (Å²) >= 11 is 0. The van der Waals surface area contributed by atoms with Gasteiger partial charge in [0.15, 0.2) is 0 Å². The van der Waals surface area contributed by atoms with E-state index in [0.29, 0.717) is 0 Å². The van der Waals surface area contributed by atoms with Gasteiger partial charge in [-0.05, 0) is 55.0 Å². The Morgan fingerprint density at radius 3 is 2.38 bits per heavy atom. The smallest absolute Gasteiger partial charge is 0.0591 e. The molecule has 0 nitrogen and oxygen atoms in total.